The number of hydrogen-bond donors (Lipinski definition) is 1. The Labute approximate surface area is 240 Å². The number of amides is 2. The van der Waals surface area contributed by atoms with E-state index in [1.54, 1.807) is 17.3 Å². The van der Waals surface area contributed by atoms with Crippen LogP contribution in [0.3, 0.4) is 0 Å². The van der Waals surface area contributed by atoms with Crippen molar-refractivity contribution in [1.29, 1.82) is 0 Å². The Morgan fingerprint density at radius 1 is 1.18 bits per heavy atom. The molecule has 4 aromatic rings. The Morgan fingerprint density at radius 2 is 1.95 bits per heavy atom. The number of imidazole rings is 1. The number of nitrogens with zero attached hydrogens (tertiary/aromatic N) is 5. The number of aromatic nitrogens is 4. The molecule has 0 spiro atoms. The molecule has 0 radical (unpaired) electrons. The van der Waals surface area contributed by atoms with Gasteiger partial charge in [-0.25, -0.2) is 9.67 Å². The summed E-state index contributed by atoms with van der Waals surface area (Å²) in [4.78, 5) is 38.2. The van der Waals surface area contributed by atoms with Gasteiger partial charge in [-0.1, -0.05) is 32.6 Å². The Kier molecular flexibility index (Phi) is 6.74. The second kappa shape index (κ2) is 10.2. The molecule has 40 heavy (non-hydrogen) atoms. The molecule has 4 heterocycles. The SMILES string of the molecule is C=CC(=O)N1CC(C)Oc2nn(-c3ccc(C(C)C)cc3)c3c2C(C1)N(C(=O)c1ccc(Br)c2[nH]cnc12)CC3. The highest BCUT2D eigenvalue weighted by Gasteiger charge is 2.41. The quantitative estimate of drug-likeness (QED) is 0.325. The normalized spacial score (nSPS) is 18.7. The second-order valence-electron chi connectivity index (χ2n) is 10.7. The van der Waals surface area contributed by atoms with Crippen LogP contribution in [0.4, 0.5) is 0 Å². The summed E-state index contributed by atoms with van der Waals surface area (Å²) in [6.07, 6.45) is 3.20. The first kappa shape index (κ1) is 26.3. The summed E-state index contributed by atoms with van der Waals surface area (Å²) in [6, 6.07) is 11.6. The first-order valence-corrected chi connectivity index (χ1v) is 14.3. The van der Waals surface area contributed by atoms with E-state index in [9.17, 15) is 9.59 Å². The molecule has 2 atom stereocenters. The smallest absolute Gasteiger partial charge is 0.256 e. The zero-order valence-electron chi connectivity index (χ0n) is 22.7. The van der Waals surface area contributed by atoms with Crippen LogP contribution in [-0.4, -0.2) is 67.1 Å². The van der Waals surface area contributed by atoms with Gasteiger partial charge >= 0.3 is 0 Å². The summed E-state index contributed by atoms with van der Waals surface area (Å²) in [5.41, 5.74) is 5.88. The van der Waals surface area contributed by atoms with Gasteiger partial charge in [0.1, 0.15) is 11.6 Å². The number of hydrogen-bond acceptors (Lipinski definition) is 5. The molecule has 2 unspecified atom stereocenters. The summed E-state index contributed by atoms with van der Waals surface area (Å²) < 4.78 is 9.13. The van der Waals surface area contributed by atoms with Gasteiger partial charge in [0.2, 0.25) is 11.8 Å². The predicted octanol–water partition coefficient (Wildman–Crippen LogP) is 5.17. The Morgan fingerprint density at radius 3 is 2.67 bits per heavy atom. The fraction of sp³-hybridized carbons (Fsp3) is 0.333. The standard InChI is InChI=1S/C30H31BrN6O3/c1-5-25(38)35-14-18(4)40-29-26-23(37(34-29)20-8-6-19(7-9-20)17(2)3)12-13-36(24(26)15-35)30(39)21-10-11-22(31)28-27(21)32-16-33-28/h5-11,16-18,24H,1,12-15H2,2-4H3,(H,32,33). The summed E-state index contributed by atoms with van der Waals surface area (Å²) in [5, 5.41) is 4.93. The molecule has 0 fully saturated rings. The summed E-state index contributed by atoms with van der Waals surface area (Å²) in [6.45, 7) is 11.1. The Balaban J connectivity index is 1.48. The highest BCUT2D eigenvalue weighted by molar-refractivity contribution is 9.10. The van der Waals surface area contributed by atoms with Crippen LogP contribution in [0.15, 0.2) is 59.9 Å². The maximum absolute atomic E-state index is 14.2. The lowest BCUT2D eigenvalue weighted by Gasteiger charge is -2.40. The lowest BCUT2D eigenvalue weighted by atomic mass is 9.95. The van der Waals surface area contributed by atoms with Crippen molar-refractivity contribution < 1.29 is 14.3 Å². The van der Waals surface area contributed by atoms with Crippen molar-refractivity contribution in [3.05, 3.63) is 82.2 Å². The monoisotopic (exact) mass is 602 g/mol. The highest BCUT2D eigenvalue weighted by atomic mass is 79.9. The molecule has 2 aromatic heterocycles. The maximum atomic E-state index is 14.2. The van der Waals surface area contributed by atoms with Crippen molar-refractivity contribution >= 4 is 38.8 Å². The van der Waals surface area contributed by atoms with E-state index in [2.05, 4.69) is 70.6 Å². The van der Waals surface area contributed by atoms with Crippen molar-refractivity contribution in [1.82, 2.24) is 29.5 Å². The van der Waals surface area contributed by atoms with Crippen molar-refractivity contribution in [3.8, 4) is 11.6 Å². The van der Waals surface area contributed by atoms with Gasteiger partial charge in [-0.05, 0) is 64.7 Å². The van der Waals surface area contributed by atoms with Crippen LogP contribution in [0.25, 0.3) is 16.7 Å². The van der Waals surface area contributed by atoms with Crippen LogP contribution in [0, 0.1) is 0 Å². The lowest BCUT2D eigenvalue weighted by Crippen LogP contribution is -2.49. The van der Waals surface area contributed by atoms with Gasteiger partial charge in [-0.3, -0.25) is 9.59 Å². The number of aromatic amines is 1. The zero-order valence-corrected chi connectivity index (χ0v) is 24.3. The van der Waals surface area contributed by atoms with Gasteiger partial charge < -0.3 is 19.5 Å². The van der Waals surface area contributed by atoms with Crippen LogP contribution in [0.1, 0.15) is 59.9 Å². The number of H-pyrrole nitrogens is 1. The van der Waals surface area contributed by atoms with Gasteiger partial charge in [0.15, 0.2) is 0 Å². The van der Waals surface area contributed by atoms with E-state index < -0.39 is 6.04 Å². The molecular formula is C30H31BrN6O3. The zero-order chi connectivity index (χ0) is 28.1. The fourth-order valence-electron chi connectivity index (χ4n) is 5.75. The summed E-state index contributed by atoms with van der Waals surface area (Å²) >= 11 is 3.54. The number of fused-ring (bicyclic) bond motifs is 1. The van der Waals surface area contributed by atoms with Gasteiger partial charge in [0.05, 0.1) is 46.9 Å². The minimum absolute atomic E-state index is 0.153. The number of halogens is 1. The van der Waals surface area contributed by atoms with E-state index in [1.165, 1.54) is 11.6 Å². The van der Waals surface area contributed by atoms with Crippen molar-refractivity contribution in [3.63, 3.8) is 0 Å². The second-order valence-corrected chi connectivity index (χ2v) is 11.5. The molecule has 0 saturated carbocycles. The molecule has 206 valence electrons. The molecule has 6 rings (SSSR count). The van der Waals surface area contributed by atoms with E-state index in [4.69, 9.17) is 9.84 Å². The van der Waals surface area contributed by atoms with Crippen LogP contribution < -0.4 is 4.74 Å². The number of carbonyl (C=O) groups excluding carboxylic acids is 2. The third kappa shape index (κ3) is 4.40. The molecule has 2 aliphatic rings. The number of ether oxygens (including phenoxy) is 1. The molecular weight excluding hydrogens is 572 g/mol. The molecule has 2 amide bonds. The molecule has 2 aromatic carbocycles. The summed E-state index contributed by atoms with van der Waals surface area (Å²) in [5.74, 6) is 0.573. The van der Waals surface area contributed by atoms with Gasteiger partial charge in [-0.15, -0.1) is 5.10 Å². The van der Waals surface area contributed by atoms with E-state index in [0.717, 1.165) is 26.9 Å². The van der Waals surface area contributed by atoms with E-state index in [-0.39, 0.29) is 17.9 Å². The van der Waals surface area contributed by atoms with Gasteiger partial charge in [0.25, 0.3) is 5.91 Å². The van der Waals surface area contributed by atoms with Crippen molar-refractivity contribution in [2.45, 2.75) is 45.3 Å². The van der Waals surface area contributed by atoms with Crippen LogP contribution >= 0.6 is 15.9 Å². The van der Waals surface area contributed by atoms with Gasteiger partial charge in [-0.2, -0.15) is 0 Å². The van der Waals surface area contributed by atoms with Crippen LogP contribution in [0.5, 0.6) is 5.88 Å². The van der Waals surface area contributed by atoms with E-state index in [0.29, 0.717) is 48.9 Å². The number of rotatable bonds is 4. The first-order valence-electron chi connectivity index (χ1n) is 13.5. The minimum Gasteiger partial charge on any atom is -0.471 e. The van der Waals surface area contributed by atoms with E-state index >= 15 is 0 Å². The number of nitrogens with one attached hydrogen (secondary N) is 1. The molecule has 2 aliphatic heterocycles. The molecule has 0 saturated heterocycles. The molecule has 0 aliphatic carbocycles. The largest absolute Gasteiger partial charge is 0.471 e. The predicted molar refractivity (Wildman–Crippen MR) is 156 cm³/mol. The van der Waals surface area contributed by atoms with Crippen molar-refractivity contribution in [2.75, 3.05) is 19.6 Å². The molecule has 0 bridgehead atoms. The third-order valence-corrected chi connectivity index (χ3v) is 8.44. The van der Waals surface area contributed by atoms with E-state index in [1.807, 2.05) is 22.6 Å². The number of carbonyl (C=O) groups is 2. The Bertz CT molecular complexity index is 1620. The fourth-order valence-corrected chi connectivity index (χ4v) is 6.18. The minimum atomic E-state index is -0.455. The molecule has 10 heteroatoms. The van der Waals surface area contributed by atoms with Gasteiger partial charge in [0, 0.05) is 24.0 Å². The van der Waals surface area contributed by atoms with Crippen LogP contribution in [-0.2, 0) is 11.2 Å². The number of benzene rings is 2. The molecule has 1 N–H and O–H groups in total. The average molecular weight is 604 g/mol. The highest BCUT2D eigenvalue weighted by Crippen LogP contribution is 2.41. The first-order chi connectivity index (χ1) is 19.3. The third-order valence-electron chi connectivity index (χ3n) is 7.78. The lowest BCUT2D eigenvalue weighted by molar-refractivity contribution is -0.128. The van der Waals surface area contributed by atoms with Crippen LogP contribution in [0.2, 0.25) is 0 Å². The Hall–Kier alpha value is -3.92. The van der Waals surface area contributed by atoms with Crippen molar-refractivity contribution in [2.24, 2.45) is 0 Å². The summed E-state index contributed by atoms with van der Waals surface area (Å²) in [7, 11) is 0. The maximum Gasteiger partial charge on any atom is 0.256 e. The molecule has 9 nitrogen and oxygen atoms in total. The topological polar surface area (TPSA) is 96.4 Å². The average Bonchev–Trinajstić information content (AvgIpc) is 3.57.